The summed E-state index contributed by atoms with van der Waals surface area (Å²) in [4.78, 5) is 0. The summed E-state index contributed by atoms with van der Waals surface area (Å²) in [6, 6.07) is 0.893. The second-order valence-electron chi connectivity index (χ2n) is 4.47. The van der Waals surface area contributed by atoms with E-state index in [9.17, 15) is 0 Å². The van der Waals surface area contributed by atoms with E-state index in [1.165, 1.54) is 0 Å². The van der Waals surface area contributed by atoms with E-state index in [0.29, 0.717) is 0 Å². The zero-order valence-electron chi connectivity index (χ0n) is 12.4. The lowest BCUT2D eigenvalue weighted by Gasteiger charge is -2.29. The molecule has 0 saturated carbocycles. The number of unbranched alkanes of at least 4 members (excludes halogenated alkanes) is 1. The van der Waals surface area contributed by atoms with Crippen LogP contribution in [0, 0.1) is 0 Å². The van der Waals surface area contributed by atoms with Gasteiger partial charge in [-0.3, -0.25) is 0 Å². The Morgan fingerprint density at radius 3 is 1.56 bits per heavy atom. The van der Waals surface area contributed by atoms with E-state index in [0.717, 1.165) is 64.5 Å². The van der Waals surface area contributed by atoms with E-state index in [-0.39, 0.29) is 0 Å². The molecule has 0 saturated heterocycles. The van der Waals surface area contributed by atoms with Crippen molar-refractivity contribution in [1.82, 2.24) is 0 Å². The van der Waals surface area contributed by atoms with Crippen LogP contribution in [0.5, 0.6) is 0 Å². The third-order valence-corrected chi connectivity index (χ3v) is 5.41. The van der Waals surface area contributed by atoms with Gasteiger partial charge in [-0.1, -0.05) is 20.8 Å². The summed E-state index contributed by atoms with van der Waals surface area (Å²) in [6.07, 6.45) is 5.03. The molecule has 0 aliphatic rings. The Balaban J connectivity index is 4.41. The van der Waals surface area contributed by atoms with Crippen molar-refractivity contribution in [3.63, 3.8) is 0 Å². The van der Waals surface area contributed by atoms with Crippen LogP contribution in [0.25, 0.3) is 0 Å². The summed E-state index contributed by atoms with van der Waals surface area (Å²) < 4.78 is 17.9. The van der Waals surface area contributed by atoms with Crippen molar-refractivity contribution >= 4 is 8.80 Å². The van der Waals surface area contributed by atoms with Crippen LogP contribution in [0.4, 0.5) is 0 Å². The monoisotopic (exact) mass is 277 g/mol. The molecule has 0 radical (unpaired) electrons. The summed E-state index contributed by atoms with van der Waals surface area (Å²) in [7, 11) is -2.45. The van der Waals surface area contributed by atoms with Gasteiger partial charge in [0.05, 0.1) is 0 Å². The van der Waals surface area contributed by atoms with Crippen molar-refractivity contribution in [3.8, 4) is 0 Å². The topological polar surface area (TPSA) is 53.7 Å². The molecule has 0 aliphatic carbocycles. The van der Waals surface area contributed by atoms with Gasteiger partial charge in [0.25, 0.3) is 0 Å². The van der Waals surface area contributed by atoms with Gasteiger partial charge in [0.2, 0.25) is 0 Å². The van der Waals surface area contributed by atoms with Gasteiger partial charge in [-0.2, -0.15) is 0 Å². The molecular weight excluding hydrogens is 246 g/mol. The Labute approximate surface area is 114 Å². The Hall–Kier alpha value is 0.0569. The van der Waals surface area contributed by atoms with Gasteiger partial charge in [0, 0.05) is 25.9 Å². The van der Waals surface area contributed by atoms with Gasteiger partial charge < -0.3 is 19.0 Å². The van der Waals surface area contributed by atoms with Crippen LogP contribution in [0.15, 0.2) is 0 Å². The fourth-order valence-electron chi connectivity index (χ4n) is 1.60. The first-order chi connectivity index (χ1) is 8.74. The maximum Gasteiger partial charge on any atom is 0.500 e. The first-order valence-corrected chi connectivity index (χ1v) is 9.29. The molecule has 4 nitrogen and oxygen atoms in total. The highest BCUT2D eigenvalue weighted by Gasteiger charge is 2.40. The van der Waals surface area contributed by atoms with Gasteiger partial charge in [-0.05, 0) is 38.6 Å². The van der Waals surface area contributed by atoms with Crippen LogP contribution in [0.2, 0.25) is 6.04 Å². The molecule has 0 unspecified atom stereocenters. The SMILES string of the molecule is CCCO[Si](CCCCN)(OCCC)OCCC. The van der Waals surface area contributed by atoms with Crippen LogP contribution in [0.3, 0.4) is 0 Å². The van der Waals surface area contributed by atoms with Gasteiger partial charge in [-0.25, -0.2) is 0 Å². The smallest absolute Gasteiger partial charge is 0.373 e. The lowest BCUT2D eigenvalue weighted by molar-refractivity contribution is 0.0587. The molecule has 0 aliphatic heterocycles. The molecular formula is C13H31NO3Si. The van der Waals surface area contributed by atoms with Gasteiger partial charge in [-0.15, -0.1) is 0 Å². The van der Waals surface area contributed by atoms with Crippen molar-refractivity contribution in [2.45, 2.75) is 58.9 Å². The molecule has 0 rings (SSSR count). The van der Waals surface area contributed by atoms with Crippen LogP contribution in [-0.4, -0.2) is 35.2 Å². The van der Waals surface area contributed by atoms with E-state index >= 15 is 0 Å². The molecule has 0 fully saturated rings. The maximum absolute atomic E-state index is 5.98. The Morgan fingerprint density at radius 2 is 1.22 bits per heavy atom. The summed E-state index contributed by atoms with van der Waals surface area (Å²) in [6.45, 7) is 9.22. The van der Waals surface area contributed by atoms with Gasteiger partial charge >= 0.3 is 8.80 Å². The van der Waals surface area contributed by atoms with Crippen LogP contribution in [0.1, 0.15) is 52.9 Å². The van der Waals surface area contributed by atoms with E-state index in [4.69, 9.17) is 19.0 Å². The number of hydrogen-bond donors (Lipinski definition) is 1. The number of rotatable bonds is 13. The van der Waals surface area contributed by atoms with Gasteiger partial charge in [0.1, 0.15) is 0 Å². The highest BCUT2D eigenvalue weighted by molar-refractivity contribution is 6.60. The predicted molar refractivity (Wildman–Crippen MR) is 77.6 cm³/mol. The average molecular weight is 277 g/mol. The Bertz CT molecular complexity index is 160. The first kappa shape index (κ1) is 18.1. The Morgan fingerprint density at radius 1 is 0.778 bits per heavy atom. The highest BCUT2D eigenvalue weighted by atomic mass is 28.4. The largest absolute Gasteiger partial charge is 0.500 e. The summed E-state index contributed by atoms with van der Waals surface area (Å²) in [5.41, 5.74) is 5.55. The van der Waals surface area contributed by atoms with E-state index in [2.05, 4.69) is 20.8 Å². The van der Waals surface area contributed by atoms with Crippen molar-refractivity contribution in [3.05, 3.63) is 0 Å². The minimum absolute atomic E-state index is 0.722. The fourth-order valence-corrected chi connectivity index (χ4v) is 4.51. The average Bonchev–Trinajstić information content (AvgIpc) is 2.40. The van der Waals surface area contributed by atoms with E-state index < -0.39 is 8.80 Å². The highest BCUT2D eigenvalue weighted by Crippen LogP contribution is 2.20. The number of nitrogens with two attached hydrogens (primary N) is 1. The third-order valence-electron chi connectivity index (χ3n) is 2.52. The van der Waals surface area contributed by atoms with E-state index in [1.54, 1.807) is 0 Å². The summed E-state index contributed by atoms with van der Waals surface area (Å²) in [5.74, 6) is 0. The lowest BCUT2D eigenvalue weighted by Crippen LogP contribution is -2.46. The van der Waals surface area contributed by atoms with Crippen molar-refractivity contribution in [2.75, 3.05) is 26.4 Å². The zero-order chi connectivity index (χ0) is 13.7. The van der Waals surface area contributed by atoms with E-state index in [1.807, 2.05) is 0 Å². The molecule has 2 N–H and O–H groups in total. The molecule has 5 heteroatoms. The fraction of sp³-hybridized carbons (Fsp3) is 1.00. The lowest BCUT2D eigenvalue weighted by atomic mass is 10.3. The Kier molecular flexibility index (Phi) is 12.1. The van der Waals surface area contributed by atoms with Crippen molar-refractivity contribution in [1.29, 1.82) is 0 Å². The van der Waals surface area contributed by atoms with Crippen molar-refractivity contribution in [2.24, 2.45) is 5.73 Å². The molecule has 0 bridgehead atoms. The van der Waals surface area contributed by atoms with Crippen LogP contribution >= 0.6 is 0 Å². The second kappa shape index (κ2) is 12.1. The molecule has 0 amide bonds. The second-order valence-corrected chi connectivity index (χ2v) is 7.21. The van der Waals surface area contributed by atoms with Crippen LogP contribution < -0.4 is 5.73 Å². The zero-order valence-corrected chi connectivity index (χ0v) is 13.4. The molecule has 0 aromatic rings. The standard InChI is InChI=1S/C13H31NO3Si/c1-4-10-15-18(16-11-5-2,17-12-6-3)13-8-7-9-14/h4-14H2,1-3H3. The molecule has 0 aromatic carbocycles. The minimum atomic E-state index is -2.45. The number of hydrogen-bond acceptors (Lipinski definition) is 4. The van der Waals surface area contributed by atoms with Crippen LogP contribution in [-0.2, 0) is 13.3 Å². The summed E-state index contributed by atoms with van der Waals surface area (Å²) >= 11 is 0. The minimum Gasteiger partial charge on any atom is -0.373 e. The first-order valence-electron chi connectivity index (χ1n) is 7.36. The molecule has 0 spiro atoms. The predicted octanol–water partition coefficient (Wildman–Crippen LogP) is 2.94. The quantitative estimate of drug-likeness (QED) is 0.415. The molecule has 110 valence electrons. The van der Waals surface area contributed by atoms with Crippen molar-refractivity contribution < 1.29 is 13.3 Å². The summed E-state index contributed by atoms with van der Waals surface area (Å²) in [5, 5.41) is 0. The normalized spacial score (nSPS) is 12.0. The molecule has 0 heterocycles. The third kappa shape index (κ3) is 8.21. The maximum atomic E-state index is 5.98. The van der Waals surface area contributed by atoms with Gasteiger partial charge in [0.15, 0.2) is 0 Å². The molecule has 18 heavy (non-hydrogen) atoms. The molecule has 0 atom stereocenters. The molecule has 0 aromatic heterocycles.